The zero-order valence-electron chi connectivity index (χ0n) is 11.7. The summed E-state index contributed by atoms with van der Waals surface area (Å²) < 4.78 is 0.0927. The lowest BCUT2D eigenvalue weighted by Gasteiger charge is -2.09. The maximum absolute atomic E-state index is 11.9. The summed E-state index contributed by atoms with van der Waals surface area (Å²) in [6, 6.07) is 4.14. The molecule has 2 N–H and O–H groups in total. The minimum atomic E-state index is -0.587. The molecule has 0 aliphatic rings. The first kappa shape index (κ1) is 17.1. The van der Waals surface area contributed by atoms with Crippen LogP contribution >= 0.6 is 15.9 Å². The number of amides is 2. The molecular formula is C13H16BrN3O4. The van der Waals surface area contributed by atoms with Crippen molar-refractivity contribution in [1.29, 1.82) is 0 Å². The molecule has 7 nitrogen and oxygen atoms in total. The number of nitro groups is 1. The van der Waals surface area contributed by atoms with Gasteiger partial charge in [0, 0.05) is 12.6 Å². The predicted octanol–water partition coefficient (Wildman–Crippen LogP) is 1.86. The van der Waals surface area contributed by atoms with Crippen LogP contribution in [0.3, 0.4) is 0 Å². The minimum absolute atomic E-state index is 0.0927. The molecule has 0 fully saturated rings. The van der Waals surface area contributed by atoms with E-state index >= 15 is 0 Å². The number of carbonyl (C=O) groups is 2. The van der Waals surface area contributed by atoms with Crippen molar-refractivity contribution >= 4 is 33.4 Å². The van der Waals surface area contributed by atoms with Crippen LogP contribution in [0, 0.1) is 16.0 Å². The lowest BCUT2D eigenvalue weighted by Crippen LogP contribution is -2.38. The van der Waals surface area contributed by atoms with E-state index in [1.165, 1.54) is 18.2 Å². The second kappa shape index (κ2) is 7.72. The Morgan fingerprint density at radius 3 is 2.57 bits per heavy atom. The largest absolute Gasteiger partial charge is 0.354 e. The molecule has 0 aromatic heterocycles. The fourth-order valence-electron chi connectivity index (χ4n) is 1.47. The molecule has 1 aromatic carbocycles. The van der Waals surface area contributed by atoms with Crippen molar-refractivity contribution in [2.24, 2.45) is 5.92 Å². The van der Waals surface area contributed by atoms with E-state index in [2.05, 4.69) is 26.6 Å². The second-order valence-electron chi connectivity index (χ2n) is 4.78. The summed E-state index contributed by atoms with van der Waals surface area (Å²) >= 11 is 3.04. The third kappa shape index (κ3) is 5.14. The van der Waals surface area contributed by atoms with E-state index in [1.54, 1.807) is 0 Å². The average molecular weight is 358 g/mol. The average Bonchev–Trinajstić information content (AvgIpc) is 2.42. The van der Waals surface area contributed by atoms with Crippen LogP contribution in [0.5, 0.6) is 0 Å². The van der Waals surface area contributed by atoms with Crippen LogP contribution in [-0.2, 0) is 4.79 Å². The van der Waals surface area contributed by atoms with Gasteiger partial charge >= 0.3 is 0 Å². The van der Waals surface area contributed by atoms with E-state index in [0.717, 1.165) is 0 Å². The van der Waals surface area contributed by atoms with Crippen molar-refractivity contribution < 1.29 is 14.5 Å². The number of hydrogen-bond acceptors (Lipinski definition) is 4. The van der Waals surface area contributed by atoms with E-state index in [0.29, 0.717) is 12.5 Å². The molecule has 0 saturated carbocycles. The summed E-state index contributed by atoms with van der Waals surface area (Å²) in [7, 11) is 0. The molecule has 114 valence electrons. The van der Waals surface area contributed by atoms with Crippen LogP contribution in [0.1, 0.15) is 24.2 Å². The standard InChI is InChI=1S/C13H16BrN3O4/c1-8(2)6-15-11(18)7-16-13(19)9-4-3-5-10(12(9)14)17(20)21/h3-5,8H,6-7H2,1-2H3,(H,15,18)(H,16,19). The molecule has 0 saturated heterocycles. The van der Waals surface area contributed by atoms with Crippen LogP contribution in [0.15, 0.2) is 22.7 Å². The van der Waals surface area contributed by atoms with Crippen molar-refractivity contribution in [3.05, 3.63) is 38.3 Å². The highest BCUT2D eigenvalue weighted by Crippen LogP contribution is 2.28. The minimum Gasteiger partial charge on any atom is -0.354 e. The van der Waals surface area contributed by atoms with Gasteiger partial charge in [-0.25, -0.2) is 0 Å². The Morgan fingerprint density at radius 2 is 2.00 bits per heavy atom. The van der Waals surface area contributed by atoms with Crippen molar-refractivity contribution in [3.8, 4) is 0 Å². The number of hydrogen-bond donors (Lipinski definition) is 2. The molecule has 1 rings (SSSR count). The molecule has 1 aromatic rings. The molecule has 0 radical (unpaired) electrons. The Labute approximate surface area is 130 Å². The number of nitrogens with zero attached hydrogens (tertiary/aromatic N) is 1. The van der Waals surface area contributed by atoms with E-state index in [1.807, 2.05) is 13.8 Å². The smallest absolute Gasteiger partial charge is 0.284 e. The quantitative estimate of drug-likeness (QED) is 0.599. The molecule has 0 aliphatic heterocycles. The van der Waals surface area contributed by atoms with Gasteiger partial charge in [0.05, 0.1) is 17.0 Å². The fraction of sp³-hybridized carbons (Fsp3) is 0.385. The zero-order chi connectivity index (χ0) is 16.0. The molecule has 0 spiro atoms. The lowest BCUT2D eigenvalue weighted by molar-refractivity contribution is -0.385. The highest BCUT2D eigenvalue weighted by molar-refractivity contribution is 9.10. The summed E-state index contributed by atoms with van der Waals surface area (Å²) in [6.45, 7) is 4.26. The second-order valence-corrected chi connectivity index (χ2v) is 5.57. The maximum Gasteiger partial charge on any atom is 0.284 e. The topological polar surface area (TPSA) is 101 Å². The third-order valence-electron chi connectivity index (χ3n) is 2.54. The third-order valence-corrected chi connectivity index (χ3v) is 3.37. The van der Waals surface area contributed by atoms with Gasteiger partial charge in [-0.05, 0) is 27.9 Å². The number of halogens is 1. The SMILES string of the molecule is CC(C)CNC(=O)CNC(=O)c1cccc([N+](=O)[O-])c1Br. The molecular weight excluding hydrogens is 342 g/mol. The Bertz CT molecular complexity index is 560. The predicted molar refractivity (Wildman–Crippen MR) is 81.0 cm³/mol. The summed E-state index contributed by atoms with van der Waals surface area (Å²) in [5.74, 6) is -0.542. The van der Waals surface area contributed by atoms with Crippen LogP contribution in [0.4, 0.5) is 5.69 Å². The van der Waals surface area contributed by atoms with Gasteiger partial charge in [-0.1, -0.05) is 19.9 Å². The Morgan fingerprint density at radius 1 is 1.33 bits per heavy atom. The highest BCUT2D eigenvalue weighted by Gasteiger charge is 2.19. The molecule has 0 aliphatic carbocycles. The molecule has 0 heterocycles. The van der Waals surface area contributed by atoms with Gasteiger partial charge < -0.3 is 10.6 Å². The maximum atomic E-state index is 11.9. The monoisotopic (exact) mass is 357 g/mol. The Hall–Kier alpha value is -1.96. The first-order valence-electron chi connectivity index (χ1n) is 6.30. The van der Waals surface area contributed by atoms with Gasteiger partial charge in [-0.15, -0.1) is 0 Å². The van der Waals surface area contributed by atoms with Crippen molar-refractivity contribution in [2.75, 3.05) is 13.1 Å². The Balaban J connectivity index is 2.66. The number of rotatable bonds is 6. The van der Waals surface area contributed by atoms with Crippen molar-refractivity contribution in [1.82, 2.24) is 10.6 Å². The molecule has 0 bridgehead atoms. The normalized spacial score (nSPS) is 10.3. The van der Waals surface area contributed by atoms with Crippen LogP contribution < -0.4 is 10.6 Å². The number of nitro benzene ring substituents is 1. The first-order chi connectivity index (χ1) is 9.82. The molecule has 0 atom stereocenters. The fourth-order valence-corrected chi connectivity index (χ4v) is 2.06. The van der Waals surface area contributed by atoms with Gasteiger partial charge in [0.1, 0.15) is 4.47 Å². The van der Waals surface area contributed by atoms with E-state index in [-0.39, 0.29) is 28.2 Å². The van der Waals surface area contributed by atoms with Crippen LogP contribution in [-0.4, -0.2) is 29.8 Å². The van der Waals surface area contributed by atoms with Gasteiger partial charge in [-0.3, -0.25) is 19.7 Å². The van der Waals surface area contributed by atoms with Crippen molar-refractivity contribution in [3.63, 3.8) is 0 Å². The number of benzene rings is 1. The van der Waals surface area contributed by atoms with Gasteiger partial charge in [0.25, 0.3) is 11.6 Å². The number of nitrogens with one attached hydrogen (secondary N) is 2. The zero-order valence-corrected chi connectivity index (χ0v) is 13.3. The van der Waals surface area contributed by atoms with Crippen LogP contribution in [0.25, 0.3) is 0 Å². The van der Waals surface area contributed by atoms with Crippen molar-refractivity contribution in [2.45, 2.75) is 13.8 Å². The summed E-state index contributed by atoms with van der Waals surface area (Å²) in [5, 5.41) is 15.9. The van der Waals surface area contributed by atoms with E-state index < -0.39 is 10.8 Å². The van der Waals surface area contributed by atoms with Crippen LogP contribution in [0.2, 0.25) is 0 Å². The summed E-state index contributed by atoms with van der Waals surface area (Å²) in [5.41, 5.74) is -0.0900. The molecule has 8 heteroatoms. The van der Waals surface area contributed by atoms with Gasteiger partial charge in [0.2, 0.25) is 5.91 Å². The van der Waals surface area contributed by atoms with E-state index in [4.69, 9.17) is 0 Å². The Kier molecular flexibility index (Phi) is 6.29. The van der Waals surface area contributed by atoms with E-state index in [9.17, 15) is 19.7 Å². The summed E-state index contributed by atoms with van der Waals surface area (Å²) in [4.78, 5) is 33.6. The van der Waals surface area contributed by atoms with Gasteiger partial charge in [0.15, 0.2) is 0 Å². The van der Waals surface area contributed by atoms with Gasteiger partial charge in [-0.2, -0.15) is 0 Å². The molecule has 21 heavy (non-hydrogen) atoms. The summed E-state index contributed by atoms with van der Waals surface area (Å²) in [6.07, 6.45) is 0. The first-order valence-corrected chi connectivity index (χ1v) is 7.10. The lowest BCUT2D eigenvalue weighted by atomic mass is 10.2. The molecule has 2 amide bonds. The molecule has 0 unspecified atom stereocenters. The number of carbonyl (C=O) groups excluding carboxylic acids is 2. The highest BCUT2D eigenvalue weighted by atomic mass is 79.9.